The van der Waals surface area contributed by atoms with E-state index in [1.807, 2.05) is 31.2 Å². The van der Waals surface area contributed by atoms with Crippen LogP contribution in [0.5, 0.6) is 0 Å². The Labute approximate surface area is 128 Å². The van der Waals surface area contributed by atoms with E-state index in [9.17, 15) is 4.21 Å². The zero-order valence-electron chi connectivity index (χ0n) is 11.3. The third kappa shape index (κ3) is 2.23. The SMILES string of the molecule is Cc1cc2cc(C#N)ccc2n1S(=O)(=S)c1ccccc1. The number of benzene rings is 2. The van der Waals surface area contributed by atoms with Crippen molar-refractivity contribution in [2.24, 2.45) is 0 Å². The third-order valence-electron chi connectivity index (χ3n) is 3.34. The predicted octanol–water partition coefficient (Wildman–Crippen LogP) is 3.39. The van der Waals surface area contributed by atoms with E-state index >= 15 is 0 Å². The fourth-order valence-electron chi connectivity index (χ4n) is 2.42. The Morgan fingerprint density at radius 1 is 1.14 bits per heavy atom. The van der Waals surface area contributed by atoms with Crippen LogP contribution in [0.1, 0.15) is 11.3 Å². The smallest absolute Gasteiger partial charge is 0.146 e. The van der Waals surface area contributed by atoms with Gasteiger partial charge in [0.1, 0.15) is 8.68 Å². The van der Waals surface area contributed by atoms with Gasteiger partial charge in [0.25, 0.3) is 0 Å². The normalized spacial score (nSPS) is 13.7. The van der Waals surface area contributed by atoms with Crippen molar-refractivity contribution in [1.82, 2.24) is 3.97 Å². The Hall–Kier alpha value is -2.16. The summed E-state index contributed by atoms with van der Waals surface area (Å²) in [5.74, 6) is 0. The second-order valence-electron chi connectivity index (χ2n) is 4.75. The van der Waals surface area contributed by atoms with E-state index in [1.165, 1.54) is 0 Å². The molecule has 1 atom stereocenters. The van der Waals surface area contributed by atoms with Crippen LogP contribution >= 0.6 is 0 Å². The fraction of sp³-hybridized carbons (Fsp3) is 0.0625. The molecule has 3 rings (SSSR count). The summed E-state index contributed by atoms with van der Waals surface area (Å²) in [5.41, 5.74) is 2.19. The maximum atomic E-state index is 13.2. The van der Waals surface area contributed by atoms with Gasteiger partial charge >= 0.3 is 0 Å². The molecule has 0 bridgehead atoms. The van der Waals surface area contributed by atoms with E-state index in [1.54, 1.807) is 34.3 Å². The number of aryl methyl sites for hydroxylation is 1. The highest BCUT2D eigenvalue weighted by Crippen LogP contribution is 2.26. The second kappa shape index (κ2) is 4.99. The number of hydrogen-bond donors (Lipinski definition) is 0. The first-order valence-electron chi connectivity index (χ1n) is 6.37. The highest BCUT2D eigenvalue weighted by atomic mass is 32.8. The van der Waals surface area contributed by atoms with E-state index in [4.69, 9.17) is 16.4 Å². The van der Waals surface area contributed by atoms with Crippen molar-refractivity contribution in [1.29, 1.82) is 5.26 Å². The monoisotopic (exact) mass is 312 g/mol. The van der Waals surface area contributed by atoms with Gasteiger partial charge in [-0.25, -0.2) is 4.21 Å². The minimum absolute atomic E-state index is 0.579. The highest BCUT2D eigenvalue weighted by Gasteiger charge is 2.17. The highest BCUT2D eigenvalue weighted by molar-refractivity contribution is 8.32. The zero-order chi connectivity index (χ0) is 15.0. The number of aromatic nitrogens is 1. The molecule has 0 aliphatic heterocycles. The standard InChI is InChI=1S/C16H12N2OS2/c1-12-9-14-10-13(11-17)7-8-16(14)18(12)21(19,20)15-5-3-2-4-6-15/h2-10H,1H3. The Kier molecular flexibility index (Phi) is 3.28. The molecule has 21 heavy (non-hydrogen) atoms. The van der Waals surface area contributed by atoms with Crippen LogP contribution in [-0.2, 0) is 19.9 Å². The summed E-state index contributed by atoms with van der Waals surface area (Å²) in [6.45, 7) is 1.88. The second-order valence-corrected chi connectivity index (χ2v) is 7.90. The van der Waals surface area contributed by atoms with Gasteiger partial charge in [0.2, 0.25) is 0 Å². The lowest BCUT2D eigenvalue weighted by Crippen LogP contribution is -2.12. The van der Waals surface area contributed by atoms with Crippen molar-refractivity contribution in [2.45, 2.75) is 11.8 Å². The summed E-state index contributed by atoms with van der Waals surface area (Å²) in [5, 5.41) is 9.85. The van der Waals surface area contributed by atoms with Gasteiger partial charge < -0.3 is 0 Å². The summed E-state index contributed by atoms with van der Waals surface area (Å²) >= 11 is 5.43. The Bertz CT molecular complexity index is 965. The Morgan fingerprint density at radius 2 is 1.86 bits per heavy atom. The Morgan fingerprint density at radius 3 is 2.52 bits per heavy atom. The van der Waals surface area contributed by atoms with E-state index in [-0.39, 0.29) is 0 Å². The van der Waals surface area contributed by atoms with Gasteiger partial charge in [-0.05, 0) is 43.3 Å². The molecule has 3 aromatic rings. The molecule has 0 radical (unpaired) electrons. The van der Waals surface area contributed by atoms with E-state index in [0.29, 0.717) is 10.5 Å². The van der Waals surface area contributed by atoms with Crippen molar-refractivity contribution in [3.05, 3.63) is 65.9 Å². The lowest BCUT2D eigenvalue weighted by atomic mass is 10.2. The van der Waals surface area contributed by atoms with E-state index in [0.717, 1.165) is 16.6 Å². The van der Waals surface area contributed by atoms with E-state index in [2.05, 4.69) is 6.07 Å². The summed E-state index contributed by atoms with van der Waals surface area (Å²) in [4.78, 5) is 0.616. The first-order chi connectivity index (χ1) is 10.0. The van der Waals surface area contributed by atoms with Gasteiger partial charge in [-0.3, -0.25) is 3.97 Å². The van der Waals surface area contributed by atoms with Crippen LogP contribution in [0.3, 0.4) is 0 Å². The fourth-order valence-corrected chi connectivity index (χ4v) is 4.91. The molecule has 0 aliphatic rings. The molecule has 2 aromatic carbocycles. The first-order valence-corrected chi connectivity index (χ1v) is 8.81. The number of hydrogen-bond acceptors (Lipinski definition) is 3. The molecule has 104 valence electrons. The van der Waals surface area contributed by atoms with Crippen molar-refractivity contribution < 1.29 is 4.21 Å². The molecule has 0 saturated heterocycles. The van der Waals surface area contributed by atoms with Crippen LogP contribution in [0.2, 0.25) is 0 Å². The van der Waals surface area contributed by atoms with Crippen molar-refractivity contribution in [3.63, 3.8) is 0 Å². The van der Waals surface area contributed by atoms with Gasteiger partial charge in [0, 0.05) is 22.3 Å². The topological polar surface area (TPSA) is 45.8 Å². The molecular formula is C16H12N2OS2. The summed E-state index contributed by atoms with van der Waals surface area (Å²) in [6, 6.07) is 18.4. The molecule has 0 saturated carbocycles. The molecule has 0 aliphatic carbocycles. The van der Waals surface area contributed by atoms with Crippen LogP contribution < -0.4 is 0 Å². The summed E-state index contributed by atoms with van der Waals surface area (Å²) < 4.78 is 14.8. The van der Waals surface area contributed by atoms with Gasteiger partial charge in [-0.15, -0.1) is 0 Å². The van der Waals surface area contributed by atoms with Crippen LogP contribution in [-0.4, -0.2) is 8.18 Å². The van der Waals surface area contributed by atoms with Gasteiger partial charge in [-0.2, -0.15) is 5.26 Å². The minimum atomic E-state index is -2.81. The van der Waals surface area contributed by atoms with Gasteiger partial charge in [0.15, 0.2) is 0 Å². The lowest BCUT2D eigenvalue weighted by Gasteiger charge is -2.13. The lowest BCUT2D eigenvalue weighted by molar-refractivity contribution is 0.676. The van der Waals surface area contributed by atoms with Crippen molar-refractivity contribution in [2.75, 3.05) is 0 Å². The molecule has 0 fully saturated rings. The average molecular weight is 312 g/mol. The third-order valence-corrected chi connectivity index (χ3v) is 6.20. The van der Waals surface area contributed by atoms with Crippen molar-refractivity contribution >= 4 is 30.8 Å². The molecule has 0 amide bonds. The van der Waals surface area contributed by atoms with Crippen LogP contribution in [0.4, 0.5) is 0 Å². The predicted molar refractivity (Wildman–Crippen MR) is 87.0 cm³/mol. The summed E-state index contributed by atoms with van der Waals surface area (Å²) in [7, 11) is -2.81. The molecule has 0 N–H and O–H groups in total. The van der Waals surface area contributed by atoms with Crippen LogP contribution in [0, 0.1) is 18.3 Å². The number of fused-ring (bicyclic) bond motifs is 1. The van der Waals surface area contributed by atoms with E-state index < -0.39 is 8.68 Å². The van der Waals surface area contributed by atoms with Gasteiger partial charge in [-0.1, -0.05) is 18.2 Å². The number of nitrogens with zero attached hydrogens (tertiary/aromatic N) is 2. The molecule has 1 heterocycles. The number of nitriles is 1. The zero-order valence-corrected chi connectivity index (χ0v) is 12.9. The quantitative estimate of drug-likeness (QED) is 0.728. The first kappa shape index (κ1) is 13.8. The molecule has 3 nitrogen and oxygen atoms in total. The maximum Gasteiger partial charge on any atom is 0.146 e. The largest absolute Gasteiger partial charge is 0.259 e. The minimum Gasteiger partial charge on any atom is -0.259 e. The molecular weight excluding hydrogens is 300 g/mol. The molecule has 1 aromatic heterocycles. The van der Waals surface area contributed by atoms with Crippen molar-refractivity contribution in [3.8, 4) is 6.07 Å². The number of rotatable bonds is 2. The molecule has 1 unspecified atom stereocenters. The van der Waals surface area contributed by atoms with Crippen LogP contribution in [0.15, 0.2) is 59.5 Å². The molecule has 0 spiro atoms. The van der Waals surface area contributed by atoms with Crippen LogP contribution in [0.25, 0.3) is 10.9 Å². The molecule has 5 heteroatoms. The van der Waals surface area contributed by atoms with Gasteiger partial charge in [0.05, 0.1) is 22.0 Å². The average Bonchev–Trinajstić information content (AvgIpc) is 2.83. The summed E-state index contributed by atoms with van der Waals surface area (Å²) in [6.07, 6.45) is 0. The maximum absolute atomic E-state index is 13.2. The Balaban J connectivity index is 2.31.